The third-order valence-electron chi connectivity index (χ3n) is 3.21. The molecule has 0 aliphatic carbocycles. The number of fused-ring (bicyclic) bond motifs is 1. The number of hydrogen-bond donors (Lipinski definition) is 3. The van der Waals surface area contributed by atoms with E-state index >= 15 is 0 Å². The highest BCUT2D eigenvalue weighted by molar-refractivity contribution is 5.89. The molecule has 6 heteroatoms. The lowest BCUT2D eigenvalue weighted by atomic mass is 10.0. The number of nitrogens with one attached hydrogen (secondary N) is 2. The summed E-state index contributed by atoms with van der Waals surface area (Å²) in [7, 11) is 0. The Kier molecular flexibility index (Phi) is 4.94. The fourth-order valence-corrected chi connectivity index (χ4v) is 2.17. The van der Waals surface area contributed by atoms with Crippen molar-refractivity contribution in [2.24, 2.45) is 5.73 Å². The van der Waals surface area contributed by atoms with Crippen LogP contribution in [-0.4, -0.2) is 36.1 Å². The minimum absolute atomic E-state index is 0.0752. The minimum Gasteiger partial charge on any atom is -0.372 e. The average molecular weight is 289 g/mol. The lowest BCUT2D eigenvalue weighted by Crippen LogP contribution is -2.47. The molecule has 0 aliphatic heterocycles. The number of ether oxygens (including phenoxy) is 1. The van der Waals surface area contributed by atoms with E-state index in [2.05, 4.69) is 10.3 Å². The highest BCUT2D eigenvalue weighted by atomic mass is 16.5. The van der Waals surface area contributed by atoms with E-state index in [1.54, 1.807) is 6.92 Å². The van der Waals surface area contributed by atoms with Crippen molar-refractivity contribution in [1.29, 1.82) is 0 Å². The van der Waals surface area contributed by atoms with Gasteiger partial charge in [-0.1, -0.05) is 18.2 Å². The summed E-state index contributed by atoms with van der Waals surface area (Å²) < 4.78 is 5.01. The molecule has 2 amide bonds. The first-order chi connectivity index (χ1) is 10.1. The molecule has 0 spiro atoms. The number of carbonyl (C=O) groups is 2. The molecule has 112 valence electrons. The van der Waals surface area contributed by atoms with Gasteiger partial charge in [0.25, 0.3) is 0 Å². The first kappa shape index (κ1) is 15.1. The van der Waals surface area contributed by atoms with E-state index in [0.717, 1.165) is 16.5 Å². The summed E-state index contributed by atoms with van der Waals surface area (Å²) in [6, 6.07) is 7.01. The SMILES string of the molecule is CCOCC(=O)N[C@@H](Cc1c[nH]c2ccccc12)C(N)=O. The second-order valence-electron chi connectivity index (χ2n) is 4.72. The summed E-state index contributed by atoms with van der Waals surface area (Å²) in [5.74, 6) is -0.911. The topological polar surface area (TPSA) is 97.2 Å². The van der Waals surface area contributed by atoms with E-state index in [0.29, 0.717) is 13.0 Å². The second-order valence-corrected chi connectivity index (χ2v) is 4.72. The molecule has 0 unspecified atom stereocenters. The van der Waals surface area contributed by atoms with Crippen LogP contribution in [0.4, 0.5) is 0 Å². The van der Waals surface area contributed by atoms with Gasteiger partial charge in [-0.3, -0.25) is 9.59 Å². The number of nitrogens with two attached hydrogens (primary N) is 1. The molecule has 0 fully saturated rings. The Balaban J connectivity index is 2.09. The molecule has 0 saturated heterocycles. The van der Waals surface area contributed by atoms with Crippen LogP contribution in [0, 0.1) is 0 Å². The second kappa shape index (κ2) is 6.90. The lowest BCUT2D eigenvalue weighted by Gasteiger charge is -2.15. The molecular formula is C15H19N3O3. The minimum atomic E-state index is -0.753. The van der Waals surface area contributed by atoms with Gasteiger partial charge in [-0.2, -0.15) is 0 Å². The Morgan fingerprint density at radius 2 is 2.14 bits per heavy atom. The van der Waals surface area contributed by atoms with Crippen LogP contribution in [0.5, 0.6) is 0 Å². The van der Waals surface area contributed by atoms with Gasteiger partial charge in [0.15, 0.2) is 0 Å². The van der Waals surface area contributed by atoms with E-state index in [1.165, 1.54) is 0 Å². The standard InChI is InChI=1S/C15H19N3O3/c1-2-21-9-14(19)18-13(15(16)20)7-10-8-17-12-6-4-3-5-11(10)12/h3-6,8,13,17H,2,7,9H2,1H3,(H2,16,20)(H,18,19)/t13-/m0/s1. The zero-order valence-electron chi connectivity index (χ0n) is 11.9. The number of rotatable bonds is 7. The van der Waals surface area contributed by atoms with E-state index in [-0.39, 0.29) is 12.5 Å². The largest absolute Gasteiger partial charge is 0.372 e. The van der Waals surface area contributed by atoms with Crippen molar-refractivity contribution in [3.05, 3.63) is 36.0 Å². The zero-order chi connectivity index (χ0) is 15.2. The predicted octanol–water partition coefficient (Wildman–Crippen LogP) is 0.717. The van der Waals surface area contributed by atoms with Gasteiger partial charge in [-0.15, -0.1) is 0 Å². The fourth-order valence-electron chi connectivity index (χ4n) is 2.17. The Morgan fingerprint density at radius 3 is 2.86 bits per heavy atom. The molecule has 4 N–H and O–H groups in total. The van der Waals surface area contributed by atoms with Crippen LogP contribution in [-0.2, 0) is 20.7 Å². The van der Waals surface area contributed by atoms with Gasteiger partial charge in [0.1, 0.15) is 12.6 Å². The molecule has 1 aromatic heterocycles. The van der Waals surface area contributed by atoms with Crippen molar-refractivity contribution in [3.8, 4) is 0 Å². The average Bonchev–Trinajstić information content (AvgIpc) is 2.87. The molecule has 0 radical (unpaired) electrons. The lowest BCUT2D eigenvalue weighted by molar-refractivity contribution is -0.130. The van der Waals surface area contributed by atoms with Crippen LogP contribution in [0.1, 0.15) is 12.5 Å². The number of primary amides is 1. The molecular weight excluding hydrogens is 270 g/mol. The molecule has 21 heavy (non-hydrogen) atoms. The summed E-state index contributed by atoms with van der Waals surface area (Å²) in [5.41, 5.74) is 7.29. The van der Waals surface area contributed by atoms with E-state index in [4.69, 9.17) is 10.5 Å². The Hall–Kier alpha value is -2.34. The van der Waals surface area contributed by atoms with Crippen LogP contribution < -0.4 is 11.1 Å². The van der Waals surface area contributed by atoms with E-state index in [9.17, 15) is 9.59 Å². The molecule has 6 nitrogen and oxygen atoms in total. The van der Waals surface area contributed by atoms with Crippen LogP contribution in [0.2, 0.25) is 0 Å². The van der Waals surface area contributed by atoms with Crippen molar-refractivity contribution in [3.63, 3.8) is 0 Å². The number of aromatic amines is 1. The van der Waals surface area contributed by atoms with Gasteiger partial charge in [0.05, 0.1) is 0 Å². The summed E-state index contributed by atoms with van der Waals surface area (Å²) in [6.07, 6.45) is 2.17. The maximum atomic E-state index is 11.7. The van der Waals surface area contributed by atoms with Gasteiger partial charge in [0.2, 0.25) is 11.8 Å². The van der Waals surface area contributed by atoms with E-state index in [1.807, 2.05) is 30.5 Å². The summed E-state index contributed by atoms with van der Waals surface area (Å²) in [6.45, 7) is 2.16. The predicted molar refractivity (Wildman–Crippen MR) is 79.6 cm³/mol. The molecule has 1 aromatic carbocycles. The first-order valence-corrected chi connectivity index (χ1v) is 6.83. The number of benzene rings is 1. The molecule has 0 aliphatic rings. The number of aromatic nitrogens is 1. The summed E-state index contributed by atoms with van der Waals surface area (Å²) in [5, 5.41) is 3.62. The maximum absolute atomic E-state index is 11.7. The van der Waals surface area contributed by atoms with Crippen LogP contribution in [0.3, 0.4) is 0 Å². The van der Waals surface area contributed by atoms with Crippen molar-refractivity contribution in [2.75, 3.05) is 13.2 Å². The Labute approximate surface area is 122 Å². The van der Waals surface area contributed by atoms with Gasteiger partial charge in [-0.25, -0.2) is 0 Å². The van der Waals surface area contributed by atoms with Crippen LogP contribution in [0.15, 0.2) is 30.5 Å². The van der Waals surface area contributed by atoms with Gasteiger partial charge in [-0.05, 0) is 18.6 Å². The van der Waals surface area contributed by atoms with Crippen molar-refractivity contribution < 1.29 is 14.3 Å². The number of amides is 2. The van der Waals surface area contributed by atoms with Crippen molar-refractivity contribution >= 4 is 22.7 Å². The first-order valence-electron chi connectivity index (χ1n) is 6.83. The Morgan fingerprint density at radius 1 is 1.38 bits per heavy atom. The third kappa shape index (κ3) is 3.82. The number of hydrogen-bond acceptors (Lipinski definition) is 3. The molecule has 0 bridgehead atoms. The van der Waals surface area contributed by atoms with Crippen LogP contribution >= 0.6 is 0 Å². The Bertz CT molecular complexity index is 636. The fraction of sp³-hybridized carbons (Fsp3) is 0.333. The summed E-state index contributed by atoms with van der Waals surface area (Å²) >= 11 is 0. The molecule has 0 saturated carbocycles. The van der Waals surface area contributed by atoms with Gasteiger partial charge >= 0.3 is 0 Å². The molecule has 1 heterocycles. The quantitative estimate of drug-likeness (QED) is 0.700. The van der Waals surface area contributed by atoms with Crippen molar-refractivity contribution in [2.45, 2.75) is 19.4 Å². The molecule has 1 atom stereocenters. The number of para-hydroxylation sites is 1. The smallest absolute Gasteiger partial charge is 0.246 e. The number of H-pyrrole nitrogens is 1. The zero-order valence-corrected chi connectivity index (χ0v) is 11.9. The number of carbonyl (C=O) groups excluding carboxylic acids is 2. The maximum Gasteiger partial charge on any atom is 0.246 e. The molecule has 2 aromatic rings. The monoisotopic (exact) mass is 289 g/mol. The van der Waals surface area contributed by atoms with Gasteiger partial charge < -0.3 is 20.8 Å². The van der Waals surface area contributed by atoms with Crippen LogP contribution in [0.25, 0.3) is 10.9 Å². The highest BCUT2D eigenvalue weighted by Crippen LogP contribution is 2.19. The molecule has 2 rings (SSSR count). The van der Waals surface area contributed by atoms with Crippen molar-refractivity contribution in [1.82, 2.24) is 10.3 Å². The van der Waals surface area contributed by atoms with E-state index < -0.39 is 11.9 Å². The highest BCUT2D eigenvalue weighted by Gasteiger charge is 2.20. The third-order valence-corrected chi connectivity index (χ3v) is 3.21. The summed E-state index contributed by atoms with van der Waals surface area (Å²) in [4.78, 5) is 26.3. The normalized spacial score (nSPS) is 12.2. The van der Waals surface area contributed by atoms with Gasteiger partial charge in [0, 0.05) is 30.1 Å².